The minimum atomic E-state index is -4.54. The zero-order chi connectivity index (χ0) is 22.0. The lowest BCUT2D eigenvalue weighted by Crippen LogP contribution is -2.35. The number of nitrogens with one attached hydrogen (secondary N) is 2. The summed E-state index contributed by atoms with van der Waals surface area (Å²) in [4.78, 5) is 12.0. The first-order valence-corrected chi connectivity index (χ1v) is 9.57. The molecule has 0 aliphatic rings. The molecule has 0 saturated heterocycles. The fourth-order valence-corrected chi connectivity index (χ4v) is 3.83. The van der Waals surface area contributed by atoms with Gasteiger partial charge in [-0.25, -0.2) is 17.5 Å². The molecular formula is C17H16F4N4O3S. The van der Waals surface area contributed by atoms with Gasteiger partial charge < -0.3 is 9.88 Å². The number of amides is 1. The average molecular weight is 432 g/mol. The SMILES string of the molecule is CC(CC(F)(F)F)NS(=O)(=O)c1cc(C(=O)Nc2ccc(F)c(C#N)c2)n(C)c1. The lowest BCUT2D eigenvalue weighted by atomic mass is 10.2. The number of nitriles is 1. The quantitative estimate of drug-likeness (QED) is 0.685. The lowest BCUT2D eigenvalue weighted by molar-refractivity contribution is -0.137. The number of hydrogen-bond acceptors (Lipinski definition) is 4. The number of anilines is 1. The van der Waals surface area contributed by atoms with Crippen LogP contribution in [0.4, 0.5) is 23.2 Å². The van der Waals surface area contributed by atoms with Crippen LogP contribution in [-0.2, 0) is 17.1 Å². The third-order valence-electron chi connectivity index (χ3n) is 3.76. The van der Waals surface area contributed by atoms with Crippen LogP contribution in [0, 0.1) is 17.1 Å². The smallest absolute Gasteiger partial charge is 0.345 e. The zero-order valence-electron chi connectivity index (χ0n) is 15.2. The average Bonchev–Trinajstić information content (AvgIpc) is 2.97. The highest BCUT2D eigenvalue weighted by Gasteiger charge is 2.32. The largest absolute Gasteiger partial charge is 0.390 e. The van der Waals surface area contributed by atoms with E-state index in [2.05, 4.69) is 5.32 Å². The molecule has 0 radical (unpaired) electrons. The van der Waals surface area contributed by atoms with Crippen LogP contribution < -0.4 is 10.0 Å². The maximum absolute atomic E-state index is 13.4. The molecule has 1 heterocycles. The number of hydrogen-bond donors (Lipinski definition) is 2. The Balaban J connectivity index is 2.21. The predicted octanol–water partition coefficient (Wildman–Crippen LogP) is 2.91. The van der Waals surface area contributed by atoms with E-state index in [9.17, 15) is 30.8 Å². The van der Waals surface area contributed by atoms with Crippen molar-refractivity contribution in [1.29, 1.82) is 5.26 Å². The molecule has 7 nitrogen and oxygen atoms in total. The van der Waals surface area contributed by atoms with E-state index in [0.29, 0.717) is 0 Å². The third-order valence-corrected chi connectivity index (χ3v) is 5.32. The number of halogens is 4. The topological polar surface area (TPSA) is 104 Å². The van der Waals surface area contributed by atoms with E-state index in [1.807, 2.05) is 4.72 Å². The van der Waals surface area contributed by atoms with Crippen LogP contribution in [0.3, 0.4) is 0 Å². The summed E-state index contributed by atoms with van der Waals surface area (Å²) in [7, 11) is -2.93. The van der Waals surface area contributed by atoms with E-state index >= 15 is 0 Å². The highest BCUT2D eigenvalue weighted by molar-refractivity contribution is 7.89. The molecule has 1 aromatic heterocycles. The van der Waals surface area contributed by atoms with Crippen LogP contribution in [-0.4, -0.2) is 31.1 Å². The molecule has 0 spiro atoms. The number of carbonyl (C=O) groups excluding carboxylic acids is 1. The van der Waals surface area contributed by atoms with Gasteiger partial charge in [-0.2, -0.15) is 18.4 Å². The molecule has 1 atom stereocenters. The summed E-state index contributed by atoms with van der Waals surface area (Å²) in [6.07, 6.45) is -4.82. The van der Waals surface area contributed by atoms with Crippen LogP contribution >= 0.6 is 0 Å². The van der Waals surface area contributed by atoms with E-state index in [4.69, 9.17) is 5.26 Å². The van der Waals surface area contributed by atoms with Crippen LogP contribution in [0.5, 0.6) is 0 Å². The fourth-order valence-electron chi connectivity index (χ4n) is 2.51. The van der Waals surface area contributed by atoms with E-state index < -0.39 is 45.3 Å². The van der Waals surface area contributed by atoms with Gasteiger partial charge in [0.15, 0.2) is 0 Å². The Morgan fingerprint density at radius 2 is 1.97 bits per heavy atom. The van der Waals surface area contributed by atoms with Gasteiger partial charge in [-0.3, -0.25) is 4.79 Å². The second-order valence-electron chi connectivity index (χ2n) is 6.27. The van der Waals surface area contributed by atoms with Gasteiger partial charge in [0.25, 0.3) is 5.91 Å². The highest BCUT2D eigenvalue weighted by atomic mass is 32.2. The first-order chi connectivity index (χ1) is 13.3. The molecule has 1 aromatic carbocycles. The lowest BCUT2D eigenvalue weighted by Gasteiger charge is -2.15. The zero-order valence-corrected chi connectivity index (χ0v) is 16.0. The van der Waals surface area contributed by atoms with Crippen LogP contribution in [0.1, 0.15) is 29.4 Å². The Hall–Kier alpha value is -2.91. The van der Waals surface area contributed by atoms with Crippen molar-refractivity contribution in [2.45, 2.75) is 30.5 Å². The Morgan fingerprint density at radius 3 is 2.55 bits per heavy atom. The van der Waals surface area contributed by atoms with Crippen molar-refractivity contribution >= 4 is 21.6 Å². The van der Waals surface area contributed by atoms with Crippen molar-refractivity contribution in [2.24, 2.45) is 7.05 Å². The van der Waals surface area contributed by atoms with Crippen molar-refractivity contribution in [3.05, 3.63) is 47.5 Å². The molecule has 2 rings (SSSR count). The van der Waals surface area contributed by atoms with Gasteiger partial charge in [-0.05, 0) is 31.2 Å². The maximum atomic E-state index is 13.4. The van der Waals surface area contributed by atoms with Crippen molar-refractivity contribution in [3.63, 3.8) is 0 Å². The van der Waals surface area contributed by atoms with Gasteiger partial charge in [0.05, 0.1) is 12.0 Å². The number of aryl methyl sites for hydroxylation is 1. The number of sulfonamides is 1. The summed E-state index contributed by atoms with van der Waals surface area (Å²) in [5.41, 5.74) is -0.298. The van der Waals surface area contributed by atoms with Crippen LogP contribution in [0.15, 0.2) is 35.4 Å². The summed E-state index contributed by atoms with van der Waals surface area (Å²) in [5, 5.41) is 11.2. The molecule has 0 fully saturated rings. The first kappa shape index (κ1) is 22.4. The van der Waals surface area contributed by atoms with Crippen LogP contribution in [0.25, 0.3) is 0 Å². The number of nitrogens with zero attached hydrogens (tertiary/aromatic N) is 2. The summed E-state index contributed by atoms with van der Waals surface area (Å²) < 4.78 is 78.2. The normalized spacial score (nSPS) is 13.0. The minimum Gasteiger partial charge on any atom is -0.345 e. The molecule has 1 amide bonds. The minimum absolute atomic E-state index is 0.107. The van der Waals surface area contributed by atoms with Crippen molar-refractivity contribution in [3.8, 4) is 6.07 Å². The van der Waals surface area contributed by atoms with Crippen LogP contribution in [0.2, 0.25) is 0 Å². The standard InChI is InChI=1S/C17H16F4N4O3S/c1-10(7-17(19,20)21)24-29(27,28)13-6-15(25(2)9-13)16(26)23-12-3-4-14(18)11(5-12)8-22/h3-6,9-10,24H,7H2,1-2H3,(H,23,26). The van der Waals surface area contributed by atoms with E-state index in [1.54, 1.807) is 6.07 Å². The first-order valence-electron chi connectivity index (χ1n) is 8.09. The number of carbonyl (C=O) groups is 1. The molecule has 29 heavy (non-hydrogen) atoms. The van der Waals surface area contributed by atoms with Crippen molar-refractivity contribution in [2.75, 3.05) is 5.32 Å². The van der Waals surface area contributed by atoms with E-state index in [-0.39, 0.29) is 16.9 Å². The molecular weight excluding hydrogens is 416 g/mol. The molecule has 0 aliphatic heterocycles. The number of benzene rings is 1. The van der Waals surface area contributed by atoms with Gasteiger partial charge in [-0.15, -0.1) is 0 Å². The highest BCUT2D eigenvalue weighted by Crippen LogP contribution is 2.23. The number of alkyl halides is 3. The molecule has 1 unspecified atom stereocenters. The second-order valence-corrected chi connectivity index (χ2v) is 7.99. The van der Waals surface area contributed by atoms with E-state index in [1.165, 1.54) is 17.7 Å². The van der Waals surface area contributed by atoms with Gasteiger partial charge in [0.2, 0.25) is 10.0 Å². The van der Waals surface area contributed by atoms with Gasteiger partial charge in [0, 0.05) is 25.0 Å². The molecule has 2 aromatic rings. The summed E-state index contributed by atoms with van der Waals surface area (Å²) >= 11 is 0. The Labute approximate surface area is 164 Å². The summed E-state index contributed by atoms with van der Waals surface area (Å²) in [5.74, 6) is -1.52. The monoisotopic (exact) mass is 432 g/mol. The molecule has 0 saturated carbocycles. The molecule has 0 aliphatic carbocycles. The predicted molar refractivity (Wildman–Crippen MR) is 94.9 cm³/mol. The Kier molecular flexibility index (Phi) is 6.34. The molecule has 156 valence electrons. The Bertz CT molecular complexity index is 1070. The van der Waals surface area contributed by atoms with Crippen molar-refractivity contribution < 1.29 is 30.8 Å². The third kappa shape index (κ3) is 5.78. The second kappa shape index (κ2) is 8.22. The summed E-state index contributed by atoms with van der Waals surface area (Å²) in [6, 6.07) is 4.52. The molecule has 0 bridgehead atoms. The summed E-state index contributed by atoms with van der Waals surface area (Å²) in [6.45, 7) is 1.07. The molecule has 12 heteroatoms. The fraction of sp³-hybridized carbons (Fsp3) is 0.294. The Morgan fingerprint density at radius 1 is 1.31 bits per heavy atom. The van der Waals surface area contributed by atoms with Gasteiger partial charge in [0.1, 0.15) is 22.5 Å². The van der Waals surface area contributed by atoms with Gasteiger partial charge in [-0.1, -0.05) is 0 Å². The molecule has 2 N–H and O–H groups in total. The maximum Gasteiger partial charge on any atom is 0.390 e. The number of aromatic nitrogens is 1. The van der Waals surface area contributed by atoms with Gasteiger partial charge >= 0.3 is 6.18 Å². The van der Waals surface area contributed by atoms with Crippen molar-refractivity contribution in [1.82, 2.24) is 9.29 Å². The van der Waals surface area contributed by atoms with E-state index in [0.717, 1.165) is 31.3 Å². The number of rotatable bonds is 6.